The minimum atomic E-state index is 0.814. The number of aromatic nitrogens is 1. The van der Waals surface area contributed by atoms with Crippen LogP contribution >= 0.6 is 0 Å². The molecular formula is C15H16N2O. The van der Waals surface area contributed by atoms with Gasteiger partial charge in [-0.3, -0.25) is 4.98 Å². The molecule has 1 aromatic heterocycles. The molecule has 0 saturated carbocycles. The minimum Gasteiger partial charge on any atom is -0.493 e. The van der Waals surface area contributed by atoms with E-state index in [-0.39, 0.29) is 0 Å². The molecule has 0 unspecified atom stereocenters. The number of ether oxygens (including phenoxy) is 1. The largest absolute Gasteiger partial charge is 0.493 e. The Hall–Kier alpha value is -2.03. The summed E-state index contributed by atoms with van der Waals surface area (Å²) < 4.78 is 5.50. The van der Waals surface area contributed by atoms with Crippen LogP contribution in [-0.4, -0.2) is 11.6 Å². The predicted molar refractivity (Wildman–Crippen MR) is 71.9 cm³/mol. The molecule has 1 aromatic carbocycles. The number of hydrogen-bond acceptors (Lipinski definition) is 3. The number of rotatable bonds is 3. The molecule has 0 spiro atoms. The first-order valence-electron chi connectivity index (χ1n) is 6.22. The quantitative estimate of drug-likeness (QED) is 0.895. The van der Waals surface area contributed by atoms with Crippen LogP contribution in [0.4, 0.5) is 5.69 Å². The highest BCUT2D eigenvalue weighted by Crippen LogP contribution is 2.26. The number of benzene rings is 1. The maximum atomic E-state index is 5.50. The summed E-state index contributed by atoms with van der Waals surface area (Å²) in [5, 5.41) is 3.38. The molecule has 0 bridgehead atoms. The summed E-state index contributed by atoms with van der Waals surface area (Å²) in [7, 11) is 0. The van der Waals surface area contributed by atoms with Gasteiger partial charge >= 0.3 is 0 Å². The average Bonchev–Trinajstić information content (AvgIpc) is 2.85. The highest BCUT2D eigenvalue weighted by atomic mass is 16.5. The molecule has 1 aliphatic rings. The van der Waals surface area contributed by atoms with Gasteiger partial charge in [0.25, 0.3) is 0 Å². The van der Waals surface area contributed by atoms with Gasteiger partial charge in [0.1, 0.15) is 5.75 Å². The number of nitrogens with one attached hydrogen (secondary N) is 1. The summed E-state index contributed by atoms with van der Waals surface area (Å²) in [6, 6.07) is 10.5. The number of anilines is 1. The Morgan fingerprint density at radius 1 is 1.28 bits per heavy atom. The van der Waals surface area contributed by atoms with Gasteiger partial charge in [0.05, 0.1) is 18.5 Å². The van der Waals surface area contributed by atoms with Crippen molar-refractivity contribution < 1.29 is 4.74 Å². The zero-order chi connectivity index (χ0) is 12.4. The Balaban J connectivity index is 1.68. The second-order valence-corrected chi connectivity index (χ2v) is 4.58. The van der Waals surface area contributed by atoms with E-state index in [1.54, 1.807) is 0 Å². The maximum Gasteiger partial charge on any atom is 0.122 e. The number of hydrogen-bond donors (Lipinski definition) is 1. The third-order valence-electron chi connectivity index (χ3n) is 3.16. The summed E-state index contributed by atoms with van der Waals surface area (Å²) in [5.41, 5.74) is 4.68. The molecule has 0 fully saturated rings. The fourth-order valence-electron chi connectivity index (χ4n) is 2.13. The Kier molecular flexibility index (Phi) is 2.89. The molecule has 3 nitrogen and oxygen atoms in total. The van der Waals surface area contributed by atoms with Crippen LogP contribution in [0.3, 0.4) is 0 Å². The Labute approximate surface area is 107 Å². The molecule has 1 aliphatic heterocycles. The standard InChI is InChI=1S/C15H16N2O/c1-11-2-4-14(10-16-11)17-9-12-3-5-15-13(8-12)6-7-18-15/h2-5,8,10,17H,6-7,9H2,1H3. The molecule has 1 N–H and O–H groups in total. The Morgan fingerprint density at radius 3 is 3.06 bits per heavy atom. The second-order valence-electron chi connectivity index (χ2n) is 4.58. The first-order valence-corrected chi connectivity index (χ1v) is 6.22. The molecule has 92 valence electrons. The van der Waals surface area contributed by atoms with Gasteiger partial charge in [-0.15, -0.1) is 0 Å². The van der Waals surface area contributed by atoms with E-state index in [0.717, 1.165) is 36.7 Å². The summed E-state index contributed by atoms with van der Waals surface area (Å²) in [6.45, 7) is 3.62. The summed E-state index contributed by atoms with van der Waals surface area (Å²) in [4.78, 5) is 4.27. The Morgan fingerprint density at radius 2 is 2.22 bits per heavy atom. The van der Waals surface area contributed by atoms with Crippen molar-refractivity contribution in [3.8, 4) is 5.75 Å². The van der Waals surface area contributed by atoms with Gasteiger partial charge in [-0.05, 0) is 36.2 Å². The Bertz CT molecular complexity index is 549. The summed E-state index contributed by atoms with van der Waals surface area (Å²) in [5.74, 6) is 1.04. The summed E-state index contributed by atoms with van der Waals surface area (Å²) in [6.07, 6.45) is 2.89. The lowest BCUT2D eigenvalue weighted by Gasteiger charge is -2.07. The molecule has 0 amide bonds. The summed E-state index contributed by atoms with van der Waals surface area (Å²) >= 11 is 0. The smallest absolute Gasteiger partial charge is 0.122 e. The molecule has 3 heteroatoms. The molecule has 18 heavy (non-hydrogen) atoms. The average molecular weight is 240 g/mol. The zero-order valence-corrected chi connectivity index (χ0v) is 10.4. The topological polar surface area (TPSA) is 34.1 Å². The van der Waals surface area contributed by atoms with Crippen LogP contribution < -0.4 is 10.1 Å². The first kappa shape index (κ1) is 11.1. The fraction of sp³-hybridized carbons (Fsp3) is 0.267. The second kappa shape index (κ2) is 4.69. The van der Waals surface area contributed by atoms with E-state index in [1.165, 1.54) is 11.1 Å². The van der Waals surface area contributed by atoms with Crippen molar-refractivity contribution in [1.82, 2.24) is 4.98 Å². The van der Waals surface area contributed by atoms with Crippen molar-refractivity contribution >= 4 is 5.69 Å². The van der Waals surface area contributed by atoms with Crippen LogP contribution in [0.5, 0.6) is 5.75 Å². The van der Waals surface area contributed by atoms with Crippen molar-refractivity contribution in [1.29, 1.82) is 0 Å². The molecule has 0 radical (unpaired) electrons. The zero-order valence-electron chi connectivity index (χ0n) is 10.4. The number of aryl methyl sites for hydroxylation is 1. The van der Waals surface area contributed by atoms with Crippen molar-refractivity contribution in [3.63, 3.8) is 0 Å². The van der Waals surface area contributed by atoms with E-state index in [9.17, 15) is 0 Å². The van der Waals surface area contributed by atoms with Crippen molar-refractivity contribution in [3.05, 3.63) is 53.3 Å². The highest BCUT2D eigenvalue weighted by molar-refractivity contribution is 5.44. The predicted octanol–water partition coefficient (Wildman–Crippen LogP) is 2.94. The molecule has 0 aliphatic carbocycles. The van der Waals surface area contributed by atoms with E-state index in [0.29, 0.717) is 0 Å². The van der Waals surface area contributed by atoms with Gasteiger partial charge in [-0.2, -0.15) is 0 Å². The van der Waals surface area contributed by atoms with Gasteiger partial charge in [0.15, 0.2) is 0 Å². The molecule has 0 saturated heterocycles. The minimum absolute atomic E-state index is 0.814. The van der Waals surface area contributed by atoms with Crippen LogP contribution in [0.2, 0.25) is 0 Å². The van der Waals surface area contributed by atoms with Crippen molar-refractivity contribution in [2.45, 2.75) is 19.9 Å². The van der Waals surface area contributed by atoms with Gasteiger partial charge in [0.2, 0.25) is 0 Å². The van der Waals surface area contributed by atoms with Crippen LogP contribution in [0.15, 0.2) is 36.5 Å². The van der Waals surface area contributed by atoms with Crippen molar-refractivity contribution in [2.75, 3.05) is 11.9 Å². The van der Waals surface area contributed by atoms with E-state index in [4.69, 9.17) is 4.74 Å². The van der Waals surface area contributed by atoms with E-state index >= 15 is 0 Å². The lowest BCUT2D eigenvalue weighted by molar-refractivity contribution is 0.357. The van der Waals surface area contributed by atoms with Gasteiger partial charge in [-0.1, -0.05) is 12.1 Å². The normalized spacial score (nSPS) is 12.9. The fourth-order valence-corrected chi connectivity index (χ4v) is 2.13. The molecule has 2 heterocycles. The van der Waals surface area contributed by atoms with Crippen LogP contribution in [-0.2, 0) is 13.0 Å². The lowest BCUT2D eigenvalue weighted by Crippen LogP contribution is -2.00. The van der Waals surface area contributed by atoms with E-state index in [2.05, 4.69) is 34.6 Å². The number of nitrogens with zero attached hydrogens (tertiary/aromatic N) is 1. The first-order chi connectivity index (χ1) is 8.81. The number of pyridine rings is 1. The lowest BCUT2D eigenvalue weighted by atomic mass is 10.1. The molecular weight excluding hydrogens is 224 g/mol. The third-order valence-corrected chi connectivity index (χ3v) is 3.16. The molecule has 0 atom stereocenters. The van der Waals surface area contributed by atoms with Gasteiger partial charge in [0, 0.05) is 18.7 Å². The molecule has 2 aromatic rings. The highest BCUT2D eigenvalue weighted by Gasteiger charge is 2.11. The van der Waals surface area contributed by atoms with Gasteiger partial charge in [-0.25, -0.2) is 0 Å². The SMILES string of the molecule is Cc1ccc(NCc2ccc3c(c2)CCO3)cn1. The number of fused-ring (bicyclic) bond motifs is 1. The third kappa shape index (κ3) is 2.30. The molecule has 3 rings (SSSR count). The monoisotopic (exact) mass is 240 g/mol. The van der Waals surface area contributed by atoms with Crippen molar-refractivity contribution in [2.24, 2.45) is 0 Å². The van der Waals surface area contributed by atoms with Crippen LogP contribution in [0.1, 0.15) is 16.8 Å². The van der Waals surface area contributed by atoms with E-state index in [1.807, 2.05) is 19.2 Å². The van der Waals surface area contributed by atoms with E-state index < -0.39 is 0 Å². The van der Waals surface area contributed by atoms with Crippen LogP contribution in [0, 0.1) is 6.92 Å². The van der Waals surface area contributed by atoms with Crippen LogP contribution in [0.25, 0.3) is 0 Å². The maximum absolute atomic E-state index is 5.50. The van der Waals surface area contributed by atoms with Gasteiger partial charge < -0.3 is 10.1 Å².